The van der Waals surface area contributed by atoms with Crippen LogP contribution in [0.3, 0.4) is 0 Å². The van der Waals surface area contributed by atoms with Crippen LogP contribution in [-0.2, 0) is 10.0 Å². The summed E-state index contributed by atoms with van der Waals surface area (Å²) in [4.78, 5) is 11.0. The number of carboxylic acid groups (broad SMARTS) is 1. The highest BCUT2D eigenvalue weighted by Gasteiger charge is 2.18. The fourth-order valence-electron chi connectivity index (χ4n) is 2.04. The first kappa shape index (κ1) is 17.7. The van der Waals surface area contributed by atoms with Gasteiger partial charge < -0.3 is 5.11 Å². The predicted molar refractivity (Wildman–Crippen MR) is 82.1 cm³/mol. The summed E-state index contributed by atoms with van der Waals surface area (Å²) in [5, 5.41) is 8.95. The van der Waals surface area contributed by atoms with Crippen LogP contribution in [0, 0.1) is 6.92 Å². The Labute approximate surface area is 126 Å². The zero-order valence-electron chi connectivity index (χ0n) is 12.6. The van der Waals surface area contributed by atoms with Gasteiger partial charge >= 0.3 is 5.97 Å². The van der Waals surface area contributed by atoms with Crippen molar-refractivity contribution in [3.63, 3.8) is 0 Å². The predicted octanol–water partition coefficient (Wildman–Crippen LogP) is 2.94. The van der Waals surface area contributed by atoms with Gasteiger partial charge in [-0.15, -0.1) is 0 Å². The number of hydrogen-bond acceptors (Lipinski definition) is 3. The summed E-state index contributed by atoms with van der Waals surface area (Å²) in [5.74, 6) is -1.13. The van der Waals surface area contributed by atoms with E-state index in [2.05, 4.69) is 11.6 Å². The van der Waals surface area contributed by atoms with Gasteiger partial charge in [0, 0.05) is 6.54 Å². The van der Waals surface area contributed by atoms with E-state index in [-0.39, 0.29) is 10.5 Å². The van der Waals surface area contributed by atoms with Gasteiger partial charge in [-0.25, -0.2) is 17.9 Å². The molecule has 5 nitrogen and oxygen atoms in total. The van der Waals surface area contributed by atoms with Crippen LogP contribution in [0.4, 0.5) is 0 Å². The van der Waals surface area contributed by atoms with Crippen LogP contribution in [0.25, 0.3) is 0 Å². The average Bonchev–Trinajstić information content (AvgIpc) is 2.42. The maximum Gasteiger partial charge on any atom is 0.335 e. The lowest BCUT2D eigenvalue weighted by molar-refractivity contribution is 0.0696. The number of carboxylic acids is 1. The first-order chi connectivity index (χ1) is 9.88. The summed E-state index contributed by atoms with van der Waals surface area (Å²) < 4.78 is 27.0. The van der Waals surface area contributed by atoms with Crippen LogP contribution in [0.2, 0.25) is 0 Å². The van der Waals surface area contributed by atoms with Gasteiger partial charge in [-0.2, -0.15) is 0 Å². The first-order valence-electron chi connectivity index (χ1n) is 7.22. The lowest BCUT2D eigenvalue weighted by Crippen LogP contribution is -2.25. The van der Waals surface area contributed by atoms with Gasteiger partial charge in [-0.3, -0.25) is 0 Å². The van der Waals surface area contributed by atoms with Crippen molar-refractivity contribution in [1.82, 2.24) is 4.72 Å². The Morgan fingerprint density at radius 2 is 1.86 bits per heavy atom. The summed E-state index contributed by atoms with van der Waals surface area (Å²) in [6.07, 6.45) is 5.19. The van der Waals surface area contributed by atoms with Gasteiger partial charge in [0.25, 0.3) is 0 Å². The number of hydrogen-bond donors (Lipinski definition) is 2. The van der Waals surface area contributed by atoms with Gasteiger partial charge in [0.05, 0.1) is 10.5 Å². The molecule has 0 aliphatic rings. The van der Waals surface area contributed by atoms with Crippen molar-refractivity contribution in [2.45, 2.75) is 50.8 Å². The molecule has 2 N–H and O–H groups in total. The molecule has 21 heavy (non-hydrogen) atoms. The lowest BCUT2D eigenvalue weighted by Gasteiger charge is -2.10. The second-order valence-corrected chi connectivity index (χ2v) is 6.83. The van der Waals surface area contributed by atoms with Crippen LogP contribution < -0.4 is 4.72 Å². The highest BCUT2D eigenvalue weighted by atomic mass is 32.2. The molecule has 0 heterocycles. The highest BCUT2D eigenvalue weighted by molar-refractivity contribution is 7.89. The molecule has 1 aromatic carbocycles. The number of unbranched alkanes of at least 4 members (excludes halogenated alkanes) is 4. The summed E-state index contributed by atoms with van der Waals surface area (Å²) >= 11 is 0. The molecular weight excluding hydrogens is 290 g/mol. The summed E-state index contributed by atoms with van der Waals surface area (Å²) in [6, 6.07) is 4.12. The van der Waals surface area contributed by atoms with Crippen molar-refractivity contribution in [3.05, 3.63) is 29.3 Å². The van der Waals surface area contributed by atoms with Crippen LogP contribution in [0.5, 0.6) is 0 Å². The molecule has 1 rings (SSSR count). The van der Waals surface area contributed by atoms with E-state index >= 15 is 0 Å². The number of aryl methyl sites for hydroxylation is 1. The number of aromatic carboxylic acids is 1. The zero-order valence-corrected chi connectivity index (χ0v) is 13.4. The minimum absolute atomic E-state index is 0.0241. The van der Waals surface area contributed by atoms with Gasteiger partial charge in [0.15, 0.2) is 0 Å². The van der Waals surface area contributed by atoms with Gasteiger partial charge in [0.2, 0.25) is 10.0 Å². The van der Waals surface area contributed by atoms with E-state index in [0.717, 1.165) is 32.1 Å². The molecule has 6 heteroatoms. The molecule has 0 radical (unpaired) electrons. The van der Waals surface area contributed by atoms with E-state index in [0.29, 0.717) is 12.1 Å². The zero-order chi connectivity index (χ0) is 15.9. The molecule has 0 saturated carbocycles. The molecule has 0 bridgehead atoms. The molecule has 0 atom stereocenters. The fraction of sp³-hybridized carbons (Fsp3) is 0.533. The SMILES string of the molecule is CCCCCCCNS(=O)(=O)c1cc(C(=O)O)ccc1C. The summed E-state index contributed by atoms with van der Waals surface area (Å²) in [5.41, 5.74) is 0.516. The van der Waals surface area contributed by atoms with Crippen LogP contribution in [-0.4, -0.2) is 26.0 Å². The maximum absolute atomic E-state index is 12.2. The molecule has 0 aliphatic carbocycles. The molecule has 0 aromatic heterocycles. The van der Waals surface area contributed by atoms with Gasteiger partial charge in [0.1, 0.15) is 0 Å². The summed E-state index contributed by atoms with van der Waals surface area (Å²) in [7, 11) is -3.65. The van der Waals surface area contributed by atoms with Crippen molar-refractivity contribution < 1.29 is 18.3 Å². The van der Waals surface area contributed by atoms with Crippen molar-refractivity contribution in [3.8, 4) is 0 Å². The number of nitrogens with one attached hydrogen (secondary N) is 1. The Bertz CT molecular complexity index is 581. The third kappa shape index (κ3) is 5.47. The van der Waals surface area contributed by atoms with Crippen LogP contribution in [0.1, 0.15) is 54.9 Å². The number of benzene rings is 1. The standard InChI is InChI=1S/C15H23NO4S/c1-3-4-5-6-7-10-16-21(19,20)14-11-13(15(17)18)9-8-12(14)2/h8-9,11,16H,3-7,10H2,1-2H3,(H,17,18). The molecule has 1 aromatic rings. The third-order valence-electron chi connectivity index (χ3n) is 3.30. The maximum atomic E-state index is 12.2. The van der Waals surface area contributed by atoms with Crippen LogP contribution >= 0.6 is 0 Å². The van der Waals surface area contributed by atoms with Crippen molar-refractivity contribution in [1.29, 1.82) is 0 Å². The van der Waals surface area contributed by atoms with E-state index in [9.17, 15) is 13.2 Å². The van der Waals surface area contributed by atoms with E-state index in [1.165, 1.54) is 18.2 Å². The van der Waals surface area contributed by atoms with Crippen LogP contribution in [0.15, 0.2) is 23.1 Å². The third-order valence-corrected chi connectivity index (χ3v) is 4.90. The van der Waals surface area contributed by atoms with Crippen molar-refractivity contribution in [2.24, 2.45) is 0 Å². The molecule has 0 fully saturated rings. The van der Waals surface area contributed by atoms with E-state index in [1.807, 2.05) is 0 Å². The molecule has 0 amide bonds. The second-order valence-electron chi connectivity index (χ2n) is 5.10. The summed E-state index contributed by atoms with van der Waals surface area (Å²) in [6.45, 7) is 4.16. The molecule has 0 aliphatic heterocycles. The molecule has 0 unspecified atom stereocenters. The Morgan fingerprint density at radius 1 is 1.19 bits per heavy atom. The van der Waals surface area contributed by atoms with E-state index < -0.39 is 16.0 Å². The molecule has 118 valence electrons. The van der Waals surface area contributed by atoms with Crippen molar-refractivity contribution >= 4 is 16.0 Å². The molecular formula is C15H23NO4S. The van der Waals surface area contributed by atoms with Gasteiger partial charge in [-0.1, -0.05) is 38.7 Å². The topological polar surface area (TPSA) is 83.5 Å². The number of sulfonamides is 1. The Kier molecular flexibility index (Phi) is 6.84. The van der Waals surface area contributed by atoms with E-state index in [1.54, 1.807) is 6.92 Å². The smallest absolute Gasteiger partial charge is 0.335 e. The first-order valence-corrected chi connectivity index (χ1v) is 8.70. The second kappa shape index (κ2) is 8.14. The normalized spacial score (nSPS) is 11.5. The Balaban J connectivity index is 2.70. The number of carbonyl (C=O) groups is 1. The van der Waals surface area contributed by atoms with Crippen molar-refractivity contribution in [2.75, 3.05) is 6.54 Å². The highest BCUT2D eigenvalue weighted by Crippen LogP contribution is 2.17. The van der Waals surface area contributed by atoms with E-state index in [4.69, 9.17) is 5.11 Å². The largest absolute Gasteiger partial charge is 0.478 e. The lowest BCUT2D eigenvalue weighted by atomic mass is 10.1. The molecule has 0 saturated heterocycles. The Hall–Kier alpha value is -1.40. The minimum Gasteiger partial charge on any atom is -0.478 e. The fourth-order valence-corrected chi connectivity index (χ4v) is 3.38. The quantitative estimate of drug-likeness (QED) is 0.687. The monoisotopic (exact) mass is 313 g/mol. The average molecular weight is 313 g/mol. The minimum atomic E-state index is -3.65. The Morgan fingerprint density at radius 3 is 2.48 bits per heavy atom. The van der Waals surface area contributed by atoms with Gasteiger partial charge in [-0.05, 0) is 31.0 Å². The molecule has 0 spiro atoms. The number of rotatable bonds is 9.